The molecule has 0 unspecified atom stereocenters. The molecule has 2 N–H and O–H groups in total. The van der Waals surface area contributed by atoms with E-state index in [1.54, 1.807) is 0 Å². The molecular weight excluding hydrogens is 388 g/mol. The third kappa shape index (κ3) is 6.07. The quantitative estimate of drug-likeness (QED) is 0.500. The number of hydrogen-bond donors (Lipinski definition) is 2. The van der Waals surface area contributed by atoms with Crippen LogP contribution in [-0.2, 0) is 17.8 Å². The van der Waals surface area contributed by atoms with Gasteiger partial charge in [-0.3, -0.25) is 4.79 Å². The predicted octanol–water partition coefficient (Wildman–Crippen LogP) is 4.68. The molecule has 0 spiro atoms. The molecule has 1 atom stereocenters. The van der Waals surface area contributed by atoms with Gasteiger partial charge in [0.25, 0.3) is 0 Å². The molecule has 0 fully saturated rings. The van der Waals surface area contributed by atoms with Gasteiger partial charge in [0, 0.05) is 6.54 Å². The van der Waals surface area contributed by atoms with Gasteiger partial charge < -0.3 is 10.6 Å². The first kappa shape index (κ1) is 20.4. The Bertz CT molecular complexity index is 881. The number of rotatable bonds is 9. The van der Waals surface area contributed by atoms with Crippen LogP contribution < -0.4 is 10.6 Å². The first-order chi connectivity index (χ1) is 13.6. The molecule has 0 aliphatic carbocycles. The molecule has 0 saturated carbocycles. The highest BCUT2D eigenvalue weighted by Crippen LogP contribution is 2.26. The second-order valence-electron chi connectivity index (χ2n) is 6.39. The number of benzene rings is 2. The maximum atomic E-state index is 12.2. The molecule has 2 aromatic carbocycles. The third-order valence-electron chi connectivity index (χ3n) is 4.29. The van der Waals surface area contributed by atoms with Crippen LogP contribution in [0, 0.1) is 0 Å². The molecule has 5 nitrogen and oxygen atoms in total. The minimum atomic E-state index is -0.0171. The molecule has 7 heteroatoms. The third-order valence-corrected chi connectivity index (χ3v) is 6.30. The molecule has 0 bridgehead atoms. The molecule has 3 rings (SSSR count). The SMILES string of the molecule is CCc1ccc([C@@H](C)NC(=O)CSc2nnc(NCc3ccccc3)s2)cc1. The van der Waals surface area contributed by atoms with Gasteiger partial charge in [0.2, 0.25) is 11.0 Å². The molecular formula is C21H24N4OS2. The predicted molar refractivity (Wildman–Crippen MR) is 117 cm³/mol. The Hall–Kier alpha value is -2.38. The Kier molecular flexibility index (Phi) is 7.45. The standard InChI is InChI=1S/C21H24N4OS2/c1-3-16-9-11-18(12-10-16)15(2)23-19(26)14-27-21-25-24-20(28-21)22-13-17-7-5-4-6-8-17/h4-12,15H,3,13-14H2,1-2H3,(H,22,24)(H,23,26)/t15-/m1/s1. The minimum Gasteiger partial charge on any atom is -0.356 e. The molecule has 146 valence electrons. The van der Waals surface area contributed by atoms with Crippen molar-refractivity contribution >= 4 is 34.1 Å². The van der Waals surface area contributed by atoms with Crippen LogP contribution in [0.5, 0.6) is 0 Å². The Morgan fingerprint density at radius 3 is 2.54 bits per heavy atom. The summed E-state index contributed by atoms with van der Waals surface area (Å²) < 4.78 is 0.783. The average molecular weight is 413 g/mol. The Morgan fingerprint density at radius 1 is 1.07 bits per heavy atom. The summed E-state index contributed by atoms with van der Waals surface area (Å²) in [7, 11) is 0. The molecule has 0 aliphatic heterocycles. The normalized spacial score (nSPS) is 11.8. The topological polar surface area (TPSA) is 66.9 Å². The lowest BCUT2D eigenvalue weighted by Gasteiger charge is -2.14. The first-order valence-electron chi connectivity index (χ1n) is 9.26. The number of hydrogen-bond acceptors (Lipinski definition) is 6. The average Bonchev–Trinajstić information content (AvgIpc) is 3.19. The summed E-state index contributed by atoms with van der Waals surface area (Å²) in [6.45, 7) is 4.84. The largest absolute Gasteiger partial charge is 0.356 e. The summed E-state index contributed by atoms with van der Waals surface area (Å²) >= 11 is 2.87. The fourth-order valence-electron chi connectivity index (χ4n) is 2.65. The summed E-state index contributed by atoms with van der Waals surface area (Å²) in [6, 6.07) is 18.5. The zero-order valence-electron chi connectivity index (χ0n) is 16.0. The fraction of sp³-hybridized carbons (Fsp3) is 0.286. The Labute approximate surface area is 174 Å². The van der Waals surface area contributed by atoms with Crippen molar-refractivity contribution < 1.29 is 4.79 Å². The van der Waals surface area contributed by atoms with Gasteiger partial charge in [-0.15, -0.1) is 10.2 Å². The van der Waals surface area contributed by atoms with E-state index in [1.165, 1.54) is 34.2 Å². The number of nitrogens with one attached hydrogen (secondary N) is 2. The Morgan fingerprint density at radius 2 is 1.82 bits per heavy atom. The van der Waals surface area contributed by atoms with Crippen molar-refractivity contribution in [2.45, 2.75) is 37.2 Å². The van der Waals surface area contributed by atoms with E-state index in [0.717, 1.165) is 21.5 Å². The first-order valence-corrected chi connectivity index (χ1v) is 11.1. The summed E-state index contributed by atoms with van der Waals surface area (Å²) in [6.07, 6.45) is 1.02. The summed E-state index contributed by atoms with van der Waals surface area (Å²) in [5, 5.41) is 15.3. The van der Waals surface area contributed by atoms with Gasteiger partial charge in [0.05, 0.1) is 11.8 Å². The monoisotopic (exact) mass is 412 g/mol. The second kappa shape index (κ2) is 10.2. The van der Waals surface area contributed by atoms with Crippen molar-refractivity contribution in [1.29, 1.82) is 0 Å². The van der Waals surface area contributed by atoms with E-state index in [-0.39, 0.29) is 11.9 Å². The van der Waals surface area contributed by atoms with E-state index in [1.807, 2.05) is 25.1 Å². The fourth-order valence-corrected chi connectivity index (χ4v) is 4.21. The zero-order valence-corrected chi connectivity index (χ0v) is 17.6. The van der Waals surface area contributed by atoms with Gasteiger partial charge in [0.1, 0.15) is 0 Å². The summed E-state index contributed by atoms with van der Waals surface area (Å²) in [4.78, 5) is 12.2. The van der Waals surface area contributed by atoms with Crippen LogP contribution in [0.4, 0.5) is 5.13 Å². The van der Waals surface area contributed by atoms with Crippen LogP contribution in [0.2, 0.25) is 0 Å². The van der Waals surface area contributed by atoms with Gasteiger partial charge in [-0.05, 0) is 30.0 Å². The van der Waals surface area contributed by atoms with Crippen molar-refractivity contribution in [3.05, 3.63) is 71.3 Å². The molecule has 28 heavy (non-hydrogen) atoms. The minimum absolute atomic E-state index is 0.00828. The molecule has 1 heterocycles. The smallest absolute Gasteiger partial charge is 0.230 e. The summed E-state index contributed by atoms with van der Waals surface area (Å²) in [5.74, 6) is 0.316. The number of aryl methyl sites for hydroxylation is 1. The molecule has 1 aromatic heterocycles. The van der Waals surface area contributed by atoms with Gasteiger partial charge in [-0.1, -0.05) is 84.6 Å². The highest BCUT2D eigenvalue weighted by atomic mass is 32.2. The molecule has 3 aromatic rings. The number of carbonyl (C=O) groups is 1. The Balaban J connectivity index is 1.43. The number of amides is 1. The highest BCUT2D eigenvalue weighted by Gasteiger charge is 2.12. The summed E-state index contributed by atoms with van der Waals surface area (Å²) in [5.41, 5.74) is 3.59. The van der Waals surface area contributed by atoms with Crippen molar-refractivity contribution in [2.24, 2.45) is 0 Å². The number of thioether (sulfide) groups is 1. The zero-order chi connectivity index (χ0) is 19.8. The van der Waals surface area contributed by atoms with E-state index >= 15 is 0 Å². The van der Waals surface area contributed by atoms with Crippen LogP contribution >= 0.6 is 23.1 Å². The van der Waals surface area contributed by atoms with Crippen LogP contribution in [0.15, 0.2) is 58.9 Å². The van der Waals surface area contributed by atoms with E-state index in [2.05, 4.69) is 64.2 Å². The van der Waals surface area contributed by atoms with Crippen LogP contribution in [0.25, 0.3) is 0 Å². The van der Waals surface area contributed by atoms with Crippen molar-refractivity contribution in [1.82, 2.24) is 15.5 Å². The number of nitrogens with zero attached hydrogens (tertiary/aromatic N) is 2. The van der Waals surface area contributed by atoms with E-state index < -0.39 is 0 Å². The van der Waals surface area contributed by atoms with Gasteiger partial charge >= 0.3 is 0 Å². The number of anilines is 1. The van der Waals surface area contributed by atoms with Crippen molar-refractivity contribution in [3.63, 3.8) is 0 Å². The highest BCUT2D eigenvalue weighted by molar-refractivity contribution is 8.01. The van der Waals surface area contributed by atoms with Crippen LogP contribution in [0.1, 0.15) is 36.6 Å². The molecule has 0 saturated heterocycles. The lowest BCUT2D eigenvalue weighted by atomic mass is 10.1. The molecule has 1 amide bonds. The number of aromatic nitrogens is 2. The molecule has 0 radical (unpaired) electrons. The molecule has 0 aliphatic rings. The van der Waals surface area contributed by atoms with Gasteiger partial charge in [-0.2, -0.15) is 0 Å². The van der Waals surface area contributed by atoms with Gasteiger partial charge in [0.15, 0.2) is 4.34 Å². The van der Waals surface area contributed by atoms with Crippen LogP contribution in [-0.4, -0.2) is 21.9 Å². The van der Waals surface area contributed by atoms with Crippen LogP contribution in [0.3, 0.4) is 0 Å². The lowest BCUT2D eigenvalue weighted by molar-refractivity contribution is -0.119. The number of carbonyl (C=O) groups excluding carboxylic acids is 1. The van der Waals surface area contributed by atoms with Crippen molar-refractivity contribution in [2.75, 3.05) is 11.1 Å². The van der Waals surface area contributed by atoms with Gasteiger partial charge in [-0.25, -0.2) is 0 Å². The maximum Gasteiger partial charge on any atom is 0.230 e. The second-order valence-corrected chi connectivity index (χ2v) is 8.59. The lowest BCUT2D eigenvalue weighted by Crippen LogP contribution is -2.28. The van der Waals surface area contributed by atoms with E-state index in [0.29, 0.717) is 12.3 Å². The van der Waals surface area contributed by atoms with E-state index in [9.17, 15) is 4.79 Å². The van der Waals surface area contributed by atoms with Crippen molar-refractivity contribution in [3.8, 4) is 0 Å². The maximum absolute atomic E-state index is 12.2. The van der Waals surface area contributed by atoms with E-state index in [4.69, 9.17) is 0 Å².